The summed E-state index contributed by atoms with van der Waals surface area (Å²) >= 11 is 0. The van der Waals surface area contributed by atoms with Crippen molar-refractivity contribution in [3.8, 4) is 0 Å². The summed E-state index contributed by atoms with van der Waals surface area (Å²) in [6, 6.07) is 14.6. The van der Waals surface area contributed by atoms with Crippen LogP contribution in [0, 0.1) is 6.92 Å². The lowest BCUT2D eigenvalue weighted by Crippen LogP contribution is -2.51. The van der Waals surface area contributed by atoms with Crippen LogP contribution in [0.1, 0.15) is 30.8 Å². The third-order valence-electron chi connectivity index (χ3n) is 6.42. The molecular formula is C25H33N7O. The zero-order valence-corrected chi connectivity index (χ0v) is 19.2. The van der Waals surface area contributed by atoms with Crippen LogP contribution in [0.2, 0.25) is 0 Å². The number of likely N-dealkylation sites (tertiary alicyclic amines) is 1. The minimum absolute atomic E-state index is 0.00248. The Balaban J connectivity index is 1.16. The number of hydrogen-bond donors (Lipinski definition) is 3. The van der Waals surface area contributed by atoms with Gasteiger partial charge in [-0.1, -0.05) is 6.07 Å². The van der Waals surface area contributed by atoms with Crippen LogP contribution in [0.3, 0.4) is 0 Å². The summed E-state index contributed by atoms with van der Waals surface area (Å²) in [7, 11) is 0. The minimum Gasteiger partial charge on any atom is -0.464 e. The number of anilines is 3. The maximum Gasteiger partial charge on any atom is 0.157 e. The van der Waals surface area contributed by atoms with Crippen molar-refractivity contribution in [3.05, 3.63) is 66.4 Å². The summed E-state index contributed by atoms with van der Waals surface area (Å²) in [5.41, 5.74) is 1.11. The van der Waals surface area contributed by atoms with E-state index < -0.39 is 0 Å². The SMILES string of the molecule is Cc1ccc(CN2c3cccnc3NC2NC2CCCN(CCNc3ccccn3)CC2)o1. The van der Waals surface area contributed by atoms with Crippen LogP contribution in [0.4, 0.5) is 17.3 Å². The Hall–Kier alpha value is -3.10. The van der Waals surface area contributed by atoms with Crippen molar-refractivity contribution in [2.75, 3.05) is 41.7 Å². The number of nitrogens with one attached hydrogen (secondary N) is 3. The molecule has 3 aromatic heterocycles. The van der Waals surface area contributed by atoms with Gasteiger partial charge in [0.1, 0.15) is 17.3 Å². The molecule has 8 nitrogen and oxygen atoms in total. The van der Waals surface area contributed by atoms with Crippen molar-refractivity contribution >= 4 is 17.3 Å². The van der Waals surface area contributed by atoms with Gasteiger partial charge in [-0.2, -0.15) is 0 Å². The molecule has 1 fully saturated rings. The van der Waals surface area contributed by atoms with Gasteiger partial charge in [0.05, 0.1) is 12.2 Å². The van der Waals surface area contributed by atoms with Crippen molar-refractivity contribution in [2.24, 2.45) is 0 Å². The van der Waals surface area contributed by atoms with Crippen LogP contribution in [0.5, 0.6) is 0 Å². The van der Waals surface area contributed by atoms with E-state index in [2.05, 4.69) is 47.9 Å². The Morgan fingerprint density at radius 1 is 1.06 bits per heavy atom. The van der Waals surface area contributed by atoms with E-state index >= 15 is 0 Å². The molecule has 5 heterocycles. The third kappa shape index (κ3) is 5.46. The Bertz CT molecular complexity index is 1020. The van der Waals surface area contributed by atoms with Crippen LogP contribution in [-0.4, -0.2) is 53.4 Å². The van der Waals surface area contributed by atoms with E-state index in [0.717, 1.165) is 61.4 Å². The van der Waals surface area contributed by atoms with E-state index in [9.17, 15) is 0 Å². The summed E-state index contributed by atoms with van der Waals surface area (Å²) in [5, 5.41) is 10.9. The molecular weight excluding hydrogens is 414 g/mol. The maximum absolute atomic E-state index is 5.87. The smallest absolute Gasteiger partial charge is 0.157 e. The van der Waals surface area contributed by atoms with Crippen LogP contribution < -0.4 is 20.9 Å². The monoisotopic (exact) mass is 447 g/mol. The molecule has 33 heavy (non-hydrogen) atoms. The maximum atomic E-state index is 5.87. The standard InChI is InChI=1S/C25H33N7O/c1-19-9-10-21(33-19)18-32-22-7-4-13-28-24(22)30-25(32)29-20-6-5-15-31(16-11-20)17-14-27-23-8-2-3-12-26-23/h2-4,7-10,12-13,20,25,29H,5-6,11,14-18H2,1H3,(H,26,27)(H,28,30). The predicted molar refractivity (Wildman–Crippen MR) is 131 cm³/mol. The van der Waals surface area contributed by atoms with Gasteiger partial charge in [-0.05, 0) is 75.7 Å². The molecule has 3 N–H and O–H groups in total. The number of pyridine rings is 2. The van der Waals surface area contributed by atoms with Gasteiger partial charge in [-0.3, -0.25) is 5.32 Å². The number of aromatic nitrogens is 2. The molecule has 0 radical (unpaired) electrons. The summed E-state index contributed by atoms with van der Waals surface area (Å²) in [6.07, 6.45) is 7.15. The van der Waals surface area contributed by atoms with Gasteiger partial charge < -0.3 is 24.9 Å². The van der Waals surface area contributed by atoms with Crippen LogP contribution in [0.25, 0.3) is 0 Å². The molecule has 0 saturated carbocycles. The number of nitrogens with zero attached hydrogens (tertiary/aromatic N) is 4. The molecule has 0 bridgehead atoms. The van der Waals surface area contributed by atoms with Crippen molar-refractivity contribution in [1.82, 2.24) is 20.2 Å². The first-order valence-electron chi connectivity index (χ1n) is 11.9. The molecule has 2 unspecified atom stereocenters. The summed E-state index contributed by atoms with van der Waals surface area (Å²) < 4.78 is 5.87. The van der Waals surface area contributed by atoms with Crippen molar-refractivity contribution < 1.29 is 4.42 Å². The molecule has 2 aliphatic rings. The van der Waals surface area contributed by atoms with Gasteiger partial charge in [0, 0.05) is 31.5 Å². The minimum atomic E-state index is 0.00248. The first-order valence-corrected chi connectivity index (χ1v) is 11.9. The second-order valence-electron chi connectivity index (χ2n) is 8.84. The normalized spacial score (nSPS) is 20.8. The number of fused-ring (bicyclic) bond motifs is 1. The Morgan fingerprint density at radius 3 is 2.85 bits per heavy atom. The highest BCUT2D eigenvalue weighted by atomic mass is 16.3. The lowest BCUT2D eigenvalue weighted by molar-refractivity contribution is 0.291. The molecule has 0 aliphatic carbocycles. The van der Waals surface area contributed by atoms with Gasteiger partial charge in [-0.15, -0.1) is 0 Å². The van der Waals surface area contributed by atoms with Crippen molar-refractivity contribution in [1.29, 1.82) is 0 Å². The van der Waals surface area contributed by atoms with Gasteiger partial charge in [0.25, 0.3) is 0 Å². The van der Waals surface area contributed by atoms with E-state index in [1.807, 2.05) is 49.6 Å². The average molecular weight is 448 g/mol. The summed E-state index contributed by atoms with van der Waals surface area (Å²) in [4.78, 5) is 13.8. The first kappa shape index (κ1) is 21.7. The van der Waals surface area contributed by atoms with Crippen LogP contribution >= 0.6 is 0 Å². The summed E-state index contributed by atoms with van der Waals surface area (Å²) in [5.74, 6) is 3.77. The van der Waals surface area contributed by atoms with E-state index in [-0.39, 0.29) is 6.29 Å². The predicted octanol–water partition coefficient (Wildman–Crippen LogP) is 3.65. The first-order chi connectivity index (χ1) is 16.2. The molecule has 8 heteroatoms. The largest absolute Gasteiger partial charge is 0.464 e. The highest BCUT2D eigenvalue weighted by Gasteiger charge is 2.32. The molecule has 0 amide bonds. The van der Waals surface area contributed by atoms with Crippen LogP contribution in [0.15, 0.2) is 59.3 Å². The second-order valence-corrected chi connectivity index (χ2v) is 8.84. The molecule has 2 aliphatic heterocycles. The molecule has 1 saturated heterocycles. The highest BCUT2D eigenvalue weighted by Crippen LogP contribution is 2.33. The number of hydrogen-bond acceptors (Lipinski definition) is 8. The lowest BCUT2D eigenvalue weighted by atomic mass is 10.1. The van der Waals surface area contributed by atoms with E-state index in [0.29, 0.717) is 12.6 Å². The topological polar surface area (TPSA) is 81.5 Å². The van der Waals surface area contributed by atoms with E-state index in [4.69, 9.17) is 4.42 Å². The fraction of sp³-hybridized carbons (Fsp3) is 0.440. The lowest BCUT2D eigenvalue weighted by Gasteiger charge is -2.30. The van der Waals surface area contributed by atoms with Crippen molar-refractivity contribution in [2.45, 2.75) is 45.1 Å². The van der Waals surface area contributed by atoms with Gasteiger partial charge >= 0.3 is 0 Å². The Morgan fingerprint density at radius 2 is 2.00 bits per heavy atom. The molecule has 5 rings (SSSR count). The van der Waals surface area contributed by atoms with Crippen LogP contribution in [-0.2, 0) is 6.54 Å². The number of rotatable bonds is 8. The molecule has 0 spiro atoms. The highest BCUT2D eigenvalue weighted by molar-refractivity contribution is 5.71. The second kappa shape index (κ2) is 10.2. The quantitative estimate of drug-likeness (QED) is 0.483. The van der Waals surface area contributed by atoms with E-state index in [1.165, 1.54) is 12.8 Å². The Kier molecular flexibility index (Phi) is 6.73. The van der Waals surface area contributed by atoms with E-state index in [1.54, 1.807) is 0 Å². The summed E-state index contributed by atoms with van der Waals surface area (Å²) in [6.45, 7) is 6.87. The number of furan rings is 1. The zero-order valence-electron chi connectivity index (χ0n) is 19.2. The molecule has 3 aromatic rings. The molecule has 2 atom stereocenters. The van der Waals surface area contributed by atoms with Gasteiger partial charge in [0.2, 0.25) is 0 Å². The average Bonchev–Trinajstić information content (AvgIpc) is 3.32. The zero-order chi connectivity index (χ0) is 22.5. The van der Waals surface area contributed by atoms with Gasteiger partial charge in [0.15, 0.2) is 12.1 Å². The fourth-order valence-corrected chi connectivity index (χ4v) is 4.71. The molecule has 174 valence electrons. The van der Waals surface area contributed by atoms with Gasteiger partial charge in [-0.25, -0.2) is 9.97 Å². The number of aryl methyl sites for hydroxylation is 1. The fourth-order valence-electron chi connectivity index (χ4n) is 4.71. The molecule has 0 aromatic carbocycles. The third-order valence-corrected chi connectivity index (χ3v) is 6.42. The van der Waals surface area contributed by atoms with Crippen molar-refractivity contribution in [3.63, 3.8) is 0 Å². The Labute approximate surface area is 195 Å².